The van der Waals surface area contributed by atoms with Gasteiger partial charge in [0.2, 0.25) is 0 Å². The standard InChI is InChI=1S/C13H11NO2S2/c15-13(11-6-2-1-3-7-11)16-10-17-18-12-8-4-5-9-14-12/h1-9H,10H2. The second-order valence-corrected chi connectivity index (χ2v) is 5.55. The Hall–Kier alpha value is -1.46. The van der Waals surface area contributed by atoms with Gasteiger partial charge in [-0.1, -0.05) is 24.3 Å². The predicted octanol–water partition coefficient (Wildman–Crippen LogP) is 3.64. The smallest absolute Gasteiger partial charge is 0.338 e. The maximum atomic E-state index is 11.6. The van der Waals surface area contributed by atoms with Crippen LogP contribution in [0.25, 0.3) is 0 Å². The molecule has 0 saturated heterocycles. The zero-order valence-corrected chi connectivity index (χ0v) is 11.1. The van der Waals surface area contributed by atoms with E-state index in [1.807, 2.05) is 36.4 Å². The van der Waals surface area contributed by atoms with Crippen LogP contribution in [-0.2, 0) is 4.74 Å². The Morgan fingerprint density at radius 3 is 2.61 bits per heavy atom. The minimum Gasteiger partial charge on any atom is -0.450 e. The van der Waals surface area contributed by atoms with Crippen molar-refractivity contribution in [3.8, 4) is 0 Å². The van der Waals surface area contributed by atoms with E-state index >= 15 is 0 Å². The highest BCUT2D eigenvalue weighted by Gasteiger charge is 2.05. The number of carbonyl (C=O) groups is 1. The topological polar surface area (TPSA) is 39.2 Å². The second-order valence-electron chi connectivity index (χ2n) is 3.28. The molecule has 0 atom stereocenters. The van der Waals surface area contributed by atoms with Gasteiger partial charge < -0.3 is 4.74 Å². The van der Waals surface area contributed by atoms with Crippen molar-refractivity contribution >= 4 is 27.6 Å². The highest BCUT2D eigenvalue weighted by atomic mass is 33.1. The van der Waals surface area contributed by atoms with E-state index in [1.54, 1.807) is 18.3 Å². The fraction of sp³-hybridized carbons (Fsp3) is 0.0769. The van der Waals surface area contributed by atoms with Gasteiger partial charge in [0.1, 0.15) is 11.0 Å². The summed E-state index contributed by atoms with van der Waals surface area (Å²) in [4.78, 5) is 15.8. The third-order valence-corrected chi connectivity index (χ3v) is 3.93. The quantitative estimate of drug-likeness (QED) is 0.361. The first-order valence-electron chi connectivity index (χ1n) is 5.29. The molecule has 0 spiro atoms. The highest BCUT2D eigenvalue weighted by Crippen LogP contribution is 2.28. The number of rotatable bonds is 5. The van der Waals surface area contributed by atoms with Gasteiger partial charge in [-0.25, -0.2) is 9.78 Å². The van der Waals surface area contributed by atoms with Gasteiger partial charge in [-0.15, -0.1) is 0 Å². The van der Waals surface area contributed by atoms with Gasteiger partial charge in [0.15, 0.2) is 0 Å². The lowest BCUT2D eigenvalue weighted by Gasteiger charge is -2.03. The van der Waals surface area contributed by atoms with Crippen LogP contribution in [0.3, 0.4) is 0 Å². The van der Waals surface area contributed by atoms with Crippen molar-refractivity contribution in [2.75, 3.05) is 5.94 Å². The Morgan fingerprint density at radius 2 is 1.89 bits per heavy atom. The van der Waals surface area contributed by atoms with Crippen molar-refractivity contribution < 1.29 is 9.53 Å². The SMILES string of the molecule is O=C(OCSSc1ccccn1)c1ccccc1. The summed E-state index contributed by atoms with van der Waals surface area (Å²) in [5.74, 6) is -0.000620. The largest absolute Gasteiger partial charge is 0.450 e. The molecule has 1 heterocycles. The number of hydrogen-bond donors (Lipinski definition) is 0. The molecule has 5 heteroatoms. The van der Waals surface area contributed by atoms with E-state index in [-0.39, 0.29) is 5.97 Å². The maximum Gasteiger partial charge on any atom is 0.338 e. The number of pyridine rings is 1. The Kier molecular flexibility index (Phi) is 5.11. The molecule has 1 aromatic carbocycles. The van der Waals surface area contributed by atoms with E-state index in [2.05, 4.69) is 4.98 Å². The van der Waals surface area contributed by atoms with E-state index in [0.29, 0.717) is 11.5 Å². The maximum absolute atomic E-state index is 11.6. The van der Waals surface area contributed by atoms with Crippen LogP contribution in [-0.4, -0.2) is 16.9 Å². The molecule has 2 aromatic rings. The lowest BCUT2D eigenvalue weighted by Crippen LogP contribution is -2.03. The number of aromatic nitrogens is 1. The van der Waals surface area contributed by atoms with Gasteiger partial charge in [-0.3, -0.25) is 0 Å². The number of carbonyl (C=O) groups excluding carboxylic acids is 1. The highest BCUT2D eigenvalue weighted by molar-refractivity contribution is 8.76. The molecular formula is C13H11NO2S2. The Balaban J connectivity index is 1.72. The van der Waals surface area contributed by atoms with Gasteiger partial charge in [0.05, 0.1) is 5.56 Å². The monoisotopic (exact) mass is 277 g/mol. The molecule has 0 aliphatic rings. The Morgan fingerprint density at radius 1 is 1.11 bits per heavy atom. The van der Waals surface area contributed by atoms with Crippen LogP contribution in [0.4, 0.5) is 0 Å². The molecule has 0 fully saturated rings. The van der Waals surface area contributed by atoms with Gasteiger partial charge in [-0.05, 0) is 45.9 Å². The van der Waals surface area contributed by atoms with E-state index in [1.165, 1.54) is 21.6 Å². The lowest BCUT2D eigenvalue weighted by molar-refractivity contribution is 0.0580. The summed E-state index contributed by atoms with van der Waals surface area (Å²) in [5, 5.41) is 0.901. The molecule has 0 aliphatic carbocycles. The van der Waals surface area contributed by atoms with Crippen molar-refractivity contribution in [3.05, 3.63) is 60.3 Å². The summed E-state index contributed by atoms with van der Waals surface area (Å²) < 4.78 is 5.13. The molecule has 0 saturated carbocycles. The van der Waals surface area contributed by atoms with Crippen LogP contribution < -0.4 is 0 Å². The first-order valence-corrected chi connectivity index (χ1v) is 7.61. The number of ether oxygens (including phenoxy) is 1. The van der Waals surface area contributed by atoms with Crippen molar-refractivity contribution in [3.63, 3.8) is 0 Å². The summed E-state index contributed by atoms with van der Waals surface area (Å²) in [6.45, 7) is 0. The normalized spacial score (nSPS) is 10.0. The minimum atomic E-state index is -0.301. The number of hydrogen-bond acceptors (Lipinski definition) is 5. The van der Waals surface area contributed by atoms with Crippen molar-refractivity contribution in [2.45, 2.75) is 5.03 Å². The van der Waals surface area contributed by atoms with E-state index in [9.17, 15) is 4.79 Å². The third kappa shape index (κ3) is 4.09. The summed E-state index contributed by atoms with van der Waals surface area (Å²) in [6.07, 6.45) is 1.73. The molecule has 0 aliphatic heterocycles. The third-order valence-electron chi connectivity index (χ3n) is 2.03. The zero-order chi connectivity index (χ0) is 12.6. The summed E-state index contributed by atoms with van der Waals surface area (Å²) in [5.41, 5.74) is 0.570. The molecule has 0 amide bonds. The fourth-order valence-corrected chi connectivity index (χ4v) is 2.72. The molecule has 1 aromatic heterocycles. The molecule has 0 N–H and O–H groups in total. The second kappa shape index (κ2) is 7.08. The molecule has 92 valence electrons. The number of esters is 1. The number of nitrogens with zero attached hydrogens (tertiary/aromatic N) is 1. The van der Waals surface area contributed by atoms with Gasteiger partial charge in [0, 0.05) is 6.20 Å². The first kappa shape index (κ1) is 13.0. The van der Waals surface area contributed by atoms with E-state index in [0.717, 1.165) is 5.03 Å². The van der Waals surface area contributed by atoms with Crippen LogP contribution in [0.1, 0.15) is 10.4 Å². The van der Waals surface area contributed by atoms with Gasteiger partial charge >= 0.3 is 5.97 Å². The van der Waals surface area contributed by atoms with Crippen molar-refractivity contribution in [2.24, 2.45) is 0 Å². The van der Waals surface area contributed by atoms with Crippen LogP contribution in [0.5, 0.6) is 0 Å². The Bertz CT molecular complexity index is 491. The van der Waals surface area contributed by atoms with Gasteiger partial charge in [-0.2, -0.15) is 0 Å². The van der Waals surface area contributed by atoms with E-state index in [4.69, 9.17) is 4.74 Å². The molecular weight excluding hydrogens is 266 g/mol. The number of benzene rings is 1. The lowest BCUT2D eigenvalue weighted by atomic mass is 10.2. The van der Waals surface area contributed by atoms with Crippen LogP contribution in [0.2, 0.25) is 0 Å². The van der Waals surface area contributed by atoms with Crippen molar-refractivity contribution in [1.29, 1.82) is 0 Å². The average Bonchev–Trinajstić information content (AvgIpc) is 2.45. The van der Waals surface area contributed by atoms with Crippen LogP contribution in [0.15, 0.2) is 59.8 Å². The summed E-state index contributed by atoms with van der Waals surface area (Å²) in [6, 6.07) is 14.7. The summed E-state index contributed by atoms with van der Waals surface area (Å²) >= 11 is 0. The summed E-state index contributed by atoms with van der Waals surface area (Å²) in [7, 11) is 2.93. The zero-order valence-electron chi connectivity index (χ0n) is 9.48. The molecule has 0 bridgehead atoms. The predicted molar refractivity (Wildman–Crippen MR) is 74.4 cm³/mol. The van der Waals surface area contributed by atoms with E-state index < -0.39 is 0 Å². The van der Waals surface area contributed by atoms with Gasteiger partial charge in [0.25, 0.3) is 0 Å². The molecule has 2 rings (SSSR count). The molecule has 0 unspecified atom stereocenters. The van der Waals surface area contributed by atoms with Crippen LogP contribution in [0, 0.1) is 0 Å². The fourth-order valence-electron chi connectivity index (χ4n) is 1.22. The van der Waals surface area contributed by atoms with Crippen LogP contribution >= 0.6 is 21.6 Å². The first-order chi connectivity index (χ1) is 8.86. The molecule has 3 nitrogen and oxygen atoms in total. The average molecular weight is 277 g/mol. The molecule has 0 radical (unpaired) electrons. The van der Waals surface area contributed by atoms with Crippen molar-refractivity contribution in [1.82, 2.24) is 4.98 Å². The minimum absolute atomic E-state index is 0.301. The Labute approximate surface area is 113 Å². The molecule has 18 heavy (non-hydrogen) atoms.